The molecule has 6 heteroatoms. The average molecular weight is 341 g/mol. The fourth-order valence-electron chi connectivity index (χ4n) is 2.75. The molecule has 2 N–H and O–H groups in total. The zero-order valence-corrected chi connectivity index (χ0v) is 14.5. The molecule has 2 aromatic heterocycles. The Kier molecular flexibility index (Phi) is 4.55. The van der Waals surface area contributed by atoms with Crippen LogP contribution in [-0.4, -0.2) is 36.3 Å². The summed E-state index contributed by atoms with van der Waals surface area (Å²) in [4.78, 5) is 19.3. The van der Waals surface area contributed by atoms with Gasteiger partial charge < -0.3 is 15.1 Å². The quantitative estimate of drug-likeness (QED) is 0.722. The summed E-state index contributed by atoms with van der Waals surface area (Å²) in [5.74, 6) is 0.0382. The van der Waals surface area contributed by atoms with E-state index in [4.69, 9.17) is 10.2 Å². The topological polar surface area (TPSA) is 72.4 Å². The smallest absolute Gasteiger partial charge is 0.213 e. The Hall–Kier alpha value is -2.73. The highest BCUT2D eigenvalue weighted by Gasteiger charge is 2.20. The Morgan fingerprint density at radius 2 is 1.96 bits per heavy atom. The molecule has 3 aromatic rings. The molecule has 130 valence electrons. The molecule has 2 heterocycles. The molecule has 0 spiro atoms. The number of aryl methyl sites for hydroxylation is 1. The normalized spacial score (nSPS) is 11.4. The summed E-state index contributed by atoms with van der Waals surface area (Å²) in [5, 5.41) is 0. The molecular weight excluding hydrogens is 321 g/mol. The highest BCUT2D eigenvalue weighted by atomic mass is 19.1. The second-order valence-electron chi connectivity index (χ2n) is 6.30. The van der Waals surface area contributed by atoms with Crippen molar-refractivity contribution >= 4 is 22.6 Å². The summed E-state index contributed by atoms with van der Waals surface area (Å²) in [6.45, 7) is 2.72. The van der Waals surface area contributed by atoms with Crippen LogP contribution in [0.15, 0.2) is 34.7 Å². The van der Waals surface area contributed by atoms with Gasteiger partial charge >= 0.3 is 0 Å². The number of benzene rings is 1. The second-order valence-corrected chi connectivity index (χ2v) is 6.30. The van der Waals surface area contributed by atoms with E-state index in [1.807, 2.05) is 21.0 Å². The van der Waals surface area contributed by atoms with Gasteiger partial charge in [-0.2, -0.15) is 0 Å². The Morgan fingerprint density at radius 1 is 1.28 bits per heavy atom. The van der Waals surface area contributed by atoms with E-state index >= 15 is 0 Å². The predicted octanol–water partition coefficient (Wildman–Crippen LogP) is 3.19. The molecule has 5 nitrogen and oxygen atoms in total. The molecule has 0 aliphatic heterocycles. The van der Waals surface area contributed by atoms with Crippen LogP contribution in [0.3, 0.4) is 0 Å². The number of nitrogens with zero attached hydrogens (tertiary/aromatic N) is 2. The van der Waals surface area contributed by atoms with Gasteiger partial charge in [-0.05, 0) is 51.7 Å². The molecule has 0 atom stereocenters. The van der Waals surface area contributed by atoms with Crippen LogP contribution in [-0.2, 0) is 6.42 Å². The molecule has 25 heavy (non-hydrogen) atoms. The Balaban J connectivity index is 2.06. The van der Waals surface area contributed by atoms with Crippen molar-refractivity contribution in [2.45, 2.75) is 13.3 Å². The lowest BCUT2D eigenvalue weighted by Gasteiger charge is -2.09. The van der Waals surface area contributed by atoms with E-state index in [0.717, 1.165) is 24.3 Å². The molecule has 0 saturated carbocycles. The number of aromatic nitrogens is 1. The second kappa shape index (κ2) is 6.64. The number of anilines is 1. The number of hydrogen-bond acceptors (Lipinski definition) is 5. The highest BCUT2D eigenvalue weighted by Crippen LogP contribution is 2.28. The van der Waals surface area contributed by atoms with Gasteiger partial charge in [-0.15, -0.1) is 0 Å². The molecule has 0 fully saturated rings. The van der Waals surface area contributed by atoms with Crippen molar-refractivity contribution in [3.63, 3.8) is 0 Å². The lowest BCUT2D eigenvalue weighted by Crippen LogP contribution is -2.15. The SMILES string of the molecule is Cc1oc2cc(N)c(C(=O)c3ccc(F)cc3)nc2c1CCN(C)C. The minimum absolute atomic E-state index is 0.158. The molecule has 0 radical (unpaired) electrons. The van der Waals surface area contributed by atoms with Gasteiger partial charge in [0.2, 0.25) is 5.78 Å². The van der Waals surface area contributed by atoms with Gasteiger partial charge in [-0.1, -0.05) is 0 Å². The van der Waals surface area contributed by atoms with Crippen molar-refractivity contribution in [2.75, 3.05) is 26.4 Å². The number of furan rings is 1. The number of carbonyl (C=O) groups excluding carboxylic acids is 1. The van der Waals surface area contributed by atoms with E-state index < -0.39 is 5.82 Å². The minimum Gasteiger partial charge on any atom is -0.459 e. The van der Waals surface area contributed by atoms with E-state index in [9.17, 15) is 9.18 Å². The van der Waals surface area contributed by atoms with Gasteiger partial charge in [0.25, 0.3) is 0 Å². The number of likely N-dealkylation sites (N-methyl/N-ethyl adjacent to an activating group) is 1. The first-order chi connectivity index (χ1) is 11.9. The lowest BCUT2D eigenvalue weighted by atomic mass is 10.1. The standard InChI is InChI=1S/C19H20FN3O2/c1-11-14(8-9-23(2)3)17-16(25-11)10-15(21)18(22-17)19(24)12-4-6-13(20)7-5-12/h4-7,10H,8-9,21H2,1-3H3. The zero-order valence-electron chi connectivity index (χ0n) is 14.5. The van der Waals surface area contributed by atoms with Crippen LogP contribution in [0.5, 0.6) is 0 Å². The number of halogens is 1. The summed E-state index contributed by atoms with van der Waals surface area (Å²) in [5.41, 5.74) is 8.95. The maximum atomic E-state index is 13.1. The van der Waals surface area contributed by atoms with E-state index in [1.165, 1.54) is 24.3 Å². The van der Waals surface area contributed by atoms with Crippen LogP contribution in [0.1, 0.15) is 27.4 Å². The average Bonchev–Trinajstić information content (AvgIpc) is 2.86. The Bertz CT molecular complexity index is 930. The first-order valence-electron chi connectivity index (χ1n) is 8.00. The van der Waals surface area contributed by atoms with Crippen LogP contribution >= 0.6 is 0 Å². The van der Waals surface area contributed by atoms with Crippen LogP contribution in [0.2, 0.25) is 0 Å². The van der Waals surface area contributed by atoms with Crippen LogP contribution < -0.4 is 5.73 Å². The van der Waals surface area contributed by atoms with Crippen molar-refractivity contribution in [1.29, 1.82) is 0 Å². The maximum Gasteiger partial charge on any atom is 0.213 e. The zero-order chi connectivity index (χ0) is 18.1. The van der Waals surface area contributed by atoms with Crippen molar-refractivity contribution in [1.82, 2.24) is 9.88 Å². The molecule has 0 unspecified atom stereocenters. The number of carbonyl (C=O) groups is 1. The van der Waals surface area contributed by atoms with Gasteiger partial charge in [0.15, 0.2) is 5.58 Å². The predicted molar refractivity (Wildman–Crippen MR) is 95.2 cm³/mol. The fraction of sp³-hybridized carbons (Fsp3) is 0.263. The monoisotopic (exact) mass is 341 g/mol. The number of hydrogen-bond donors (Lipinski definition) is 1. The summed E-state index contributed by atoms with van der Waals surface area (Å²) < 4.78 is 18.8. The van der Waals surface area contributed by atoms with Gasteiger partial charge in [-0.25, -0.2) is 9.37 Å². The van der Waals surface area contributed by atoms with Crippen molar-refractivity contribution < 1.29 is 13.6 Å². The van der Waals surface area contributed by atoms with Crippen LogP contribution in [0.4, 0.5) is 10.1 Å². The molecule has 3 rings (SSSR count). The van der Waals surface area contributed by atoms with Crippen molar-refractivity contribution in [3.05, 3.63) is 58.7 Å². The summed E-state index contributed by atoms with van der Waals surface area (Å²) >= 11 is 0. The first-order valence-corrected chi connectivity index (χ1v) is 8.00. The summed E-state index contributed by atoms with van der Waals surface area (Å²) in [7, 11) is 3.99. The number of rotatable bonds is 5. The largest absolute Gasteiger partial charge is 0.459 e. The van der Waals surface area contributed by atoms with Crippen LogP contribution in [0, 0.1) is 12.7 Å². The number of ketones is 1. The molecule has 1 aromatic carbocycles. The van der Waals surface area contributed by atoms with Gasteiger partial charge in [0.05, 0.1) is 5.69 Å². The third kappa shape index (κ3) is 3.39. The minimum atomic E-state index is -0.399. The third-order valence-corrected chi connectivity index (χ3v) is 4.12. The fourth-order valence-corrected chi connectivity index (χ4v) is 2.75. The van der Waals surface area contributed by atoms with Gasteiger partial charge in [-0.3, -0.25) is 4.79 Å². The lowest BCUT2D eigenvalue weighted by molar-refractivity contribution is 0.103. The molecule has 0 aliphatic rings. The third-order valence-electron chi connectivity index (χ3n) is 4.12. The highest BCUT2D eigenvalue weighted by molar-refractivity contribution is 6.11. The van der Waals surface area contributed by atoms with E-state index in [2.05, 4.69) is 9.88 Å². The van der Waals surface area contributed by atoms with Crippen molar-refractivity contribution in [2.24, 2.45) is 0 Å². The van der Waals surface area contributed by atoms with Gasteiger partial charge in [0, 0.05) is 23.7 Å². The van der Waals surface area contributed by atoms with Gasteiger partial charge in [0.1, 0.15) is 22.8 Å². The first kappa shape index (κ1) is 17.1. The number of nitrogens with two attached hydrogens (primary N) is 1. The maximum absolute atomic E-state index is 13.1. The van der Waals surface area contributed by atoms with Crippen LogP contribution in [0.25, 0.3) is 11.1 Å². The molecule has 0 amide bonds. The molecular formula is C19H20FN3O2. The number of fused-ring (bicyclic) bond motifs is 1. The Labute approximate surface area is 145 Å². The molecule has 0 bridgehead atoms. The Morgan fingerprint density at radius 3 is 2.60 bits per heavy atom. The van der Waals surface area contributed by atoms with E-state index in [0.29, 0.717) is 16.7 Å². The molecule has 0 aliphatic carbocycles. The summed E-state index contributed by atoms with van der Waals surface area (Å²) in [6.07, 6.45) is 0.757. The summed E-state index contributed by atoms with van der Waals surface area (Å²) in [6, 6.07) is 6.97. The van der Waals surface area contributed by atoms with Crippen molar-refractivity contribution in [3.8, 4) is 0 Å². The number of pyridine rings is 1. The number of nitrogen functional groups attached to an aromatic ring is 1. The molecule has 0 saturated heterocycles. The van der Waals surface area contributed by atoms with E-state index in [-0.39, 0.29) is 17.2 Å². The van der Waals surface area contributed by atoms with E-state index in [1.54, 1.807) is 6.07 Å².